The molecular formula is C26H22ClN3O2S2. The fourth-order valence-corrected chi connectivity index (χ4v) is 6.26. The Bertz CT molecular complexity index is 1410. The summed E-state index contributed by atoms with van der Waals surface area (Å²) in [5.41, 5.74) is 4.82. The van der Waals surface area contributed by atoms with E-state index in [0.717, 1.165) is 38.8 Å². The Morgan fingerprint density at radius 3 is 2.74 bits per heavy atom. The van der Waals surface area contributed by atoms with Gasteiger partial charge in [0.2, 0.25) is 5.91 Å². The number of thiophene rings is 1. The minimum Gasteiger partial charge on any atom is -0.326 e. The standard InChI is InChI=1S/C26H22ClN3O2S2/c1-15-10-12-33-23(15)14-24(31)29-17-7-8-18(20(27)13-17)26(32)30-11-9-22-25(28-16(2)34-22)19-5-3-4-6-21(19)30/h3-8,10,12-13H,9,11,14H2,1-2H3,(H,29,31). The number of fused-ring (bicyclic) bond motifs is 3. The van der Waals surface area contributed by atoms with Gasteiger partial charge < -0.3 is 10.2 Å². The molecule has 0 radical (unpaired) electrons. The summed E-state index contributed by atoms with van der Waals surface area (Å²) in [4.78, 5) is 34.8. The van der Waals surface area contributed by atoms with Crippen molar-refractivity contribution in [1.82, 2.24) is 4.98 Å². The topological polar surface area (TPSA) is 62.3 Å². The molecule has 0 unspecified atom stereocenters. The van der Waals surface area contributed by atoms with Crippen molar-refractivity contribution in [2.75, 3.05) is 16.8 Å². The number of carbonyl (C=O) groups is 2. The van der Waals surface area contributed by atoms with E-state index in [-0.39, 0.29) is 11.8 Å². The summed E-state index contributed by atoms with van der Waals surface area (Å²) in [6, 6.07) is 14.9. The van der Waals surface area contributed by atoms with Crippen molar-refractivity contribution in [3.63, 3.8) is 0 Å². The van der Waals surface area contributed by atoms with Crippen molar-refractivity contribution in [3.8, 4) is 11.3 Å². The van der Waals surface area contributed by atoms with E-state index in [1.165, 1.54) is 4.88 Å². The Morgan fingerprint density at radius 2 is 1.97 bits per heavy atom. The van der Waals surface area contributed by atoms with Crippen LogP contribution in [0.5, 0.6) is 0 Å². The Kier molecular flexibility index (Phi) is 6.25. The van der Waals surface area contributed by atoms with Crippen LogP contribution in [0, 0.1) is 13.8 Å². The molecule has 0 aliphatic carbocycles. The van der Waals surface area contributed by atoms with Gasteiger partial charge in [0, 0.05) is 34.0 Å². The molecule has 0 saturated heterocycles. The Morgan fingerprint density at radius 1 is 1.15 bits per heavy atom. The fraction of sp³-hybridized carbons (Fsp3) is 0.192. The van der Waals surface area contributed by atoms with Crippen LogP contribution in [-0.2, 0) is 17.6 Å². The number of anilines is 2. The van der Waals surface area contributed by atoms with E-state index >= 15 is 0 Å². The lowest BCUT2D eigenvalue weighted by molar-refractivity contribution is -0.115. The van der Waals surface area contributed by atoms with Crippen molar-refractivity contribution < 1.29 is 9.59 Å². The maximum absolute atomic E-state index is 13.6. The smallest absolute Gasteiger partial charge is 0.259 e. The van der Waals surface area contributed by atoms with Gasteiger partial charge in [0.15, 0.2) is 0 Å². The van der Waals surface area contributed by atoms with Gasteiger partial charge in [-0.25, -0.2) is 4.98 Å². The monoisotopic (exact) mass is 507 g/mol. The number of aryl methyl sites for hydroxylation is 2. The molecule has 0 bridgehead atoms. The van der Waals surface area contributed by atoms with Crippen LogP contribution in [0.25, 0.3) is 11.3 Å². The SMILES string of the molecule is Cc1nc2c(s1)CCN(C(=O)c1ccc(NC(=O)Cc3sccc3C)cc1Cl)c1ccccc1-2. The van der Waals surface area contributed by atoms with Gasteiger partial charge in [-0.2, -0.15) is 0 Å². The largest absolute Gasteiger partial charge is 0.326 e. The van der Waals surface area contributed by atoms with Crippen LogP contribution in [0.15, 0.2) is 53.9 Å². The van der Waals surface area contributed by atoms with Gasteiger partial charge in [-0.1, -0.05) is 29.8 Å². The number of aromatic nitrogens is 1. The third kappa shape index (κ3) is 4.39. The predicted molar refractivity (Wildman–Crippen MR) is 141 cm³/mol. The zero-order valence-electron chi connectivity index (χ0n) is 18.7. The van der Waals surface area contributed by atoms with E-state index in [1.54, 1.807) is 45.8 Å². The molecule has 34 heavy (non-hydrogen) atoms. The van der Waals surface area contributed by atoms with Crippen molar-refractivity contribution in [2.45, 2.75) is 26.7 Å². The summed E-state index contributed by atoms with van der Waals surface area (Å²) in [7, 11) is 0. The second-order valence-corrected chi connectivity index (χ2v) is 10.9. The number of amides is 2. The molecule has 8 heteroatoms. The van der Waals surface area contributed by atoms with Crippen LogP contribution in [0.1, 0.15) is 30.7 Å². The molecule has 0 spiro atoms. The third-order valence-electron chi connectivity index (χ3n) is 5.83. The molecule has 2 aromatic carbocycles. The molecule has 3 heterocycles. The fourth-order valence-electron chi connectivity index (χ4n) is 4.15. The summed E-state index contributed by atoms with van der Waals surface area (Å²) in [6.45, 7) is 4.54. The van der Waals surface area contributed by atoms with Crippen molar-refractivity contribution in [3.05, 3.63) is 84.8 Å². The highest BCUT2D eigenvalue weighted by molar-refractivity contribution is 7.12. The predicted octanol–water partition coefficient (Wildman–Crippen LogP) is 6.53. The van der Waals surface area contributed by atoms with Crippen LogP contribution >= 0.6 is 34.3 Å². The first-order valence-corrected chi connectivity index (χ1v) is 13.0. The molecule has 1 N–H and O–H groups in total. The molecule has 1 aliphatic rings. The number of nitrogens with zero attached hydrogens (tertiary/aromatic N) is 2. The molecule has 0 atom stereocenters. The zero-order chi connectivity index (χ0) is 23.8. The minimum absolute atomic E-state index is 0.115. The first-order valence-electron chi connectivity index (χ1n) is 10.9. The van der Waals surface area contributed by atoms with E-state index in [0.29, 0.717) is 29.2 Å². The second-order valence-electron chi connectivity index (χ2n) is 8.17. The maximum Gasteiger partial charge on any atom is 0.259 e. The molecule has 4 aromatic rings. The molecule has 5 nitrogen and oxygen atoms in total. The number of hydrogen-bond acceptors (Lipinski definition) is 5. The van der Waals surface area contributed by atoms with Gasteiger partial charge in [0.25, 0.3) is 5.91 Å². The molecule has 1 aliphatic heterocycles. The van der Waals surface area contributed by atoms with E-state index in [9.17, 15) is 9.59 Å². The van der Waals surface area contributed by atoms with Crippen molar-refractivity contribution in [1.29, 1.82) is 0 Å². The number of para-hydroxylation sites is 1. The van der Waals surface area contributed by atoms with Crippen LogP contribution in [-0.4, -0.2) is 23.3 Å². The molecule has 2 amide bonds. The highest BCUT2D eigenvalue weighted by Gasteiger charge is 2.28. The van der Waals surface area contributed by atoms with Crippen LogP contribution in [0.2, 0.25) is 5.02 Å². The van der Waals surface area contributed by atoms with Gasteiger partial charge in [0.05, 0.1) is 33.4 Å². The van der Waals surface area contributed by atoms with Gasteiger partial charge in [0.1, 0.15) is 0 Å². The van der Waals surface area contributed by atoms with Crippen molar-refractivity contribution >= 4 is 57.5 Å². The number of thiazole rings is 1. The first-order chi connectivity index (χ1) is 16.4. The second kappa shape index (κ2) is 9.33. The summed E-state index contributed by atoms with van der Waals surface area (Å²) in [5.74, 6) is -0.285. The molecule has 0 saturated carbocycles. The van der Waals surface area contributed by atoms with Gasteiger partial charge in [-0.15, -0.1) is 22.7 Å². The Labute approximate surface area is 211 Å². The average Bonchev–Trinajstić information content (AvgIpc) is 3.34. The number of carbonyl (C=O) groups excluding carboxylic acids is 2. The van der Waals surface area contributed by atoms with E-state index in [1.807, 2.05) is 49.6 Å². The normalized spacial score (nSPS) is 12.6. The first kappa shape index (κ1) is 22.8. The number of hydrogen-bond donors (Lipinski definition) is 1. The maximum atomic E-state index is 13.6. The Hall–Kier alpha value is -3.00. The quantitative estimate of drug-likeness (QED) is 0.341. The van der Waals surface area contributed by atoms with Gasteiger partial charge in [-0.05, 0) is 55.1 Å². The van der Waals surface area contributed by atoms with Crippen molar-refractivity contribution in [2.24, 2.45) is 0 Å². The summed E-state index contributed by atoms with van der Waals surface area (Å²) in [6.07, 6.45) is 1.04. The number of benzene rings is 2. The molecular weight excluding hydrogens is 486 g/mol. The number of halogens is 1. The Balaban J connectivity index is 1.38. The van der Waals surface area contributed by atoms with E-state index < -0.39 is 0 Å². The summed E-state index contributed by atoms with van der Waals surface area (Å²) < 4.78 is 0. The lowest BCUT2D eigenvalue weighted by atomic mass is 10.1. The summed E-state index contributed by atoms with van der Waals surface area (Å²) in [5, 5.41) is 6.19. The summed E-state index contributed by atoms with van der Waals surface area (Å²) >= 11 is 9.79. The van der Waals surface area contributed by atoms with Crippen LogP contribution < -0.4 is 10.2 Å². The highest BCUT2D eigenvalue weighted by Crippen LogP contribution is 2.39. The average molecular weight is 508 g/mol. The molecule has 172 valence electrons. The van der Waals surface area contributed by atoms with E-state index in [2.05, 4.69) is 5.32 Å². The lowest BCUT2D eigenvalue weighted by Gasteiger charge is -2.23. The molecule has 2 aromatic heterocycles. The minimum atomic E-state index is -0.170. The van der Waals surface area contributed by atoms with Gasteiger partial charge >= 0.3 is 0 Å². The third-order valence-corrected chi connectivity index (χ3v) is 8.20. The number of rotatable bonds is 4. The van der Waals surface area contributed by atoms with Crippen LogP contribution in [0.3, 0.4) is 0 Å². The van der Waals surface area contributed by atoms with E-state index in [4.69, 9.17) is 16.6 Å². The number of nitrogens with one attached hydrogen (secondary N) is 1. The molecule has 0 fully saturated rings. The van der Waals surface area contributed by atoms with Crippen LogP contribution in [0.4, 0.5) is 11.4 Å². The van der Waals surface area contributed by atoms with Gasteiger partial charge in [-0.3, -0.25) is 9.59 Å². The zero-order valence-corrected chi connectivity index (χ0v) is 21.1. The molecule has 5 rings (SSSR count). The highest BCUT2D eigenvalue weighted by atomic mass is 35.5. The lowest BCUT2D eigenvalue weighted by Crippen LogP contribution is -2.32.